The Morgan fingerprint density at radius 1 is 1.19 bits per heavy atom. The lowest BCUT2D eigenvalue weighted by atomic mass is 9.94. The zero-order chi connectivity index (χ0) is 18.6. The van der Waals surface area contributed by atoms with Crippen molar-refractivity contribution in [3.05, 3.63) is 35.4 Å². The number of benzene rings is 1. The minimum Gasteiger partial charge on any atom is -0.381 e. The van der Waals surface area contributed by atoms with Crippen LogP contribution in [0.25, 0.3) is 0 Å². The summed E-state index contributed by atoms with van der Waals surface area (Å²) in [6.07, 6.45) is -0.729. The van der Waals surface area contributed by atoms with Crippen LogP contribution >= 0.6 is 0 Å². The zero-order valence-corrected chi connectivity index (χ0v) is 14.7. The van der Waals surface area contributed by atoms with Gasteiger partial charge in [-0.05, 0) is 43.9 Å². The summed E-state index contributed by atoms with van der Waals surface area (Å²) in [5, 5.41) is 2.71. The third kappa shape index (κ3) is 4.76. The van der Waals surface area contributed by atoms with Crippen molar-refractivity contribution in [2.45, 2.75) is 44.4 Å². The first-order chi connectivity index (χ1) is 12.4. The monoisotopic (exact) mass is 370 g/mol. The number of halogens is 3. The SMILES string of the molecule is O=C(NCc1ccccc1C(F)(F)F)[C@@H]1CCCN(C2CCOCC2)C1. The molecule has 2 heterocycles. The highest BCUT2D eigenvalue weighted by atomic mass is 19.4. The van der Waals surface area contributed by atoms with E-state index in [0.29, 0.717) is 12.6 Å². The average Bonchev–Trinajstić information content (AvgIpc) is 2.66. The van der Waals surface area contributed by atoms with E-state index in [9.17, 15) is 18.0 Å². The van der Waals surface area contributed by atoms with Gasteiger partial charge in [-0.15, -0.1) is 0 Å². The molecule has 2 aliphatic rings. The minimum absolute atomic E-state index is 0.0950. The van der Waals surface area contributed by atoms with Gasteiger partial charge < -0.3 is 10.1 Å². The van der Waals surface area contributed by atoms with Crippen molar-refractivity contribution in [1.82, 2.24) is 10.2 Å². The molecule has 26 heavy (non-hydrogen) atoms. The van der Waals surface area contributed by atoms with Gasteiger partial charge in [-0.2, -0.15) is 13.2 Å². The quantitative estimate of drug-likeness (QED) is 0.885. The maximum atomic E-state index is 13.1. The van der Waals surface area contributed by atoms with Gasteiger partial charge in [0.15, 0.2) is 0 Å². The number of alkyl halides is 3. The molecule has 0 aliphatic carbocycles. The maximum absolute atomic E-state index is 13.1. The van der Waals surface area contributed by atoms with Gasteiger partial charge in [0, 0.05) is 32.3 Å². The number of nitrogens with one attached hydrogen (secondary N) is 1. The Bertz CT molecular complexity index is 615. The van der Waals surface area contributed by atoms with E-state index in [1.807, 2.05) is 0 Å². The fourth-order valence-corrected chi connectivity index (χ4v) is 3.88. The maximum Gasteiger partial charge on any atom is 0.416 e. The number of carbonyl (C=O) groups is 1. The molecule has 0 spiro atoms. The number of ether oxygens (including phenoxy) is 1. The first kappa shape index (κ1) is 19.2. The second-order valence-electron chi connectivity index (χ2n) is 7.05. The zero-order valence-electron chi connectivity index (χ0n) is 14.7. The molecule has 0 bridgehead atoms. The molecule has 0 aromatic heterocycles. The fraction of sp³-hybridized carbons (Fsp3) is 0.632. The molecule has 4 nitrogen and oxygen atoms in total. The van der Waals surface area contributed by atoms with Crippen molar-refractivity contribution < 1.29 is 22.7 Å². The number of likely N-dealkylation sites (tertiary alicyclic amines) is 1. The summed E-state index contributed by atoms with van der Waals surface area (Å²) in [7, 11) is 0. The van der Waals surface area contributed by atoms with E-state index >= 15 is 0 Å². The van der Waals surface area contributed by atoms with Crippen molar-refractivity contribution in [3.63, 3.8) is 0 Å². The van der Waals surface area contributed by atoms with E-state index in [-0.39, 0.29) is 23.9 Å². The van der Waals surface area contributed by atoms with Crippen LogP contribution in [0.4, 0.5) is 13.2 Å². The second kappa shape index (κ2) is 8.39. The van der Waals surface area contributed by atoms with Gasteiger partial charge in [-0.25, -0.2) is 0 Å². The van der Waals surface area contributed by atoms with Crippen molar-refractivity contribution in [3.8, 4) is 0 Å². The number of carbonyl (C=O) groups excluding carboxylic acids is 1. The van der Waals surface area contributed by atoms with Crippen molar-refractivity contribution >= 4 is 5.91 Å². The number of rotatable bonds is 4. The molecule has 0 unspecified atom stereocenters. The van der Waals surface area contributed by atoms with Crippen LogP contribution in [0.1, 0.15) is 36.8 Å². The number of piperidine rings is 1. The molecule has 7 heteroatoms. The van der Waals surface area contributed by atoms with Crippen LogP contribution in [-0.4, -0.2) is 43.2 Å². The Hall–Kier alpha value is -1.60. The van der Waals surface area contributed by atoms with E-state index in [2.05, 4.69) is 10.2 Å². The van der Waals surface area contributed by atoms with Gasteiger partial charge >= 0.3 is 6.18 Å². The number of amides is 1. The molecule has 1 aromatic rings. The van der Waals surface area contributed by atoms with Crippen molar-refractivity contribution in [2.24, 2.45) is 5.92 Å². The number of hydrogen-bond donors (Lipinski definition) is 1. The van der Waals surface area contributed by atoms with E-state index < -0.39 is 11.7 Å². The molecular formula is C19H25F3N2O2. The number of hydrogen-bond acceptors (Lipinski definition) is 3. The molecule has 1 atom stereocenters. The first-order valence-electron chi connectivity index (χ1n) is 9.20. The largest absolute Gasteiger partial charge is 0.416 e. The highest BCUT2D eigenvalue weighted by Crippen LogP contribution is 2.32. The van der Waals surface area contributed by atoms with Gasteiger partial charge in [0.2, 0.25) is 5.91 Å². The summed E-state index contributed by atoms with van der Waals surface area (Å²) < 4.78 is 44.6. The predicted molar refractivity (Wildman–Crippen MR) is 91.4 cm³/mol. The molecule has 0 saturated carbocycles. The van der Waals surface area contributed by atoms with E-state index in [0.717, 1.165) is 51.5 Å². The van der Waals surface area contributed by atoms with Crippen LogP contribution in [0.2, 0.25) is 0 Å². The van der Waals surface area contributed by atoms with Gasteiger partial charge in [0.1, 0.15) is 0 Å². The Morgan fingerprint density at radius 2 is 1.92 bits per heavy atom. The number of nitrogens with zero attached hydrogens (tertiary/aromatic N) is 1. The van der Waals surface area contributed by atoms with Crippen molar-refractivity contribution in [1.29, 1.82) is 0 Å². The topological polar surface area (TPSA) is 41.6 Å². The lowest BCUT2D eigenvalue weighted by Gasteiger charge is -2.39. The molecule has 1 amide bonds. The van der Waals surface area contributed by atoms with Crippen LogP contribution in [0, 0.1) is 5.92 Å². The van der Waals surface area contributed by atoms with E-state index in [1.54, 1.807) is 6.07 Å². The van der Waals surface area contributed by atoms with Gasteiger partial charge in [-0.1, -0.05) is 18.2 Å². The molecule has 3 rings (SSSR count). The highest BCUT2D eigenvalue weighted by molar-refractivity contribution is 5.79. The molecule has 2 aliphatic heterocycles. The molecular weight excluding hydrogens is 345 g/mol. The Labute approximate surface area is 151 Å². The Morgan fingerprint density at radius 3 is 2.65 bits per heavy atom. The van der Waals surface area contributed by atoms with Crippen LogP contribution in [0.5, 0.6) is 0 Å². The van der Waals surface area contributed by atoms with Gasteiger partial charge in [0.05, 0.1) is 11.5 Å². The average molecular weight is 370 g/mol. The third-order valence-corrected chi connectivity index (χ3v) is 5.31. The van der Waals surface area contributed by atoms with E-state index in [1.165, 1.54) is 12.1 Å². The first-order valence-corrected chi connectivity index (χ1v) is 9.20. The van der Waals surface area contributed by atoms with E-state index in [4.69, 9.17) is 4.74 Å². The summed E-state index contributed by atoms with van der Waals surface area (Å²) in [6, 6.07) is 5.84. The normalized spacial score (nSPS) is 23.0. The highest BCUT2D eigenvalue weighted by Gasteiger charge is 2.34. The standard InChI is InChI=1S/C19H25F3N2O2/c20-19(21,22)17-6-2-1-4-14(17)12-23-18(25)15-5-3-9-24(13-15)16-7-10-26-11-8-16/h1-2,4,6,15-16H,3,5,7-13H2,(H,23,25)/t15-/m1/s1. The summed E-state index contributed by atoms with van der Waals surface area (Å²) in [5.41, 5.74) is -0.585. The second-order valence-corrected chi connectivity index (χ2v) is 7.05. The summed E-state index contributed by atoms with van der Waals surface area (Å²) in [4.78, 5) is 14.9. The predicted octanol–water partition coefficient (Wildman–Crippen LogP) is 3.21. The fourth-order valence-electron chi connectivity index (χ4n) is 3.88. The molecule has 0 radical (unpaired) electrons. The minimum atomic E-state index is -4.41. The molecule has 1 N–H and O–H groups in total. The van der Waals surface area contributed by atoms with Crippen LogP contribution < -0.4 is 5.32 Å². The lowest BCUT2D eigenvalue weighted by molar-refractivity contribution is -0.138. The summed E-state index contributed by atoms with van der Waals surface area (Å²) in [5.74, 6) is -0.316. The van der Waals surface area contributed by atoms with Crippen LogP contribution in [0.15, 0.2) is 24.3 Å². The van der Waals surface area contributed by atoms with Gasteiger partial charge in [0.25, 0.3) is 0 Å². The van der Waals surface area contributed by atoms with Crippen LogP contribution in [-0.2, 0) is 22.3 Å². The Kier molecular flexibility index (Phi) is 6.19. The molecule has 2 saturated heterocycles. The Balaban J connectivity index is 1.57. The van der Waals surface area contributed by atoms with Crippen molar-refractivity contribution in [2.75, 3.05) is 26.3 Å². The molecule has 2 fully saturated rings. The van der Waals surface area contributed by atoms with Gasteiger partial charge in [-0.3, -0.25) is 9.69 Å². The molecule has 144 valence electrons. The molecule has 1 aromatic carbocycles. The lowest BCUT2D eigenvalue weighted by Crippen LogP contribution is -2.48. The summed E-state index contributed by atoms with van der Waals surface area (Å²) >= 11 is 0. The third-order valence-electron chi connectivity index (χ3n) is 5.31. The summed E-state index contributed by atoms with van der Waals surface area (Å²) in [6.45, 7) is 3.07. The van der Waals surface area contributed by atoms with Crippen LogP contribution in [0.3, 0.4) is 0 Å². The smallest absolute Gasteiger partial charge is 0.381 e.